The zero-order chi connectivity index (χ0) is 33.6. The summed E-state index contributed by atoms with van der Waals surface area (Å²) < 4.78 is 27.2. The zero-order valence-corrected chi connectivity index (χ0v) is 27.5. The highest BCUT2D eigenvalue weighted by Gasteiger charge is 2.65. The maximum atomic E-state index is 15.3. The number of nitrogens with one attached hydrogen (secondary N) is 2. The number of carbonyl (C=O) groups is 4. The number of alkyl carbamates (subject to hydrolysis) is 1. The molecule has 4 heterocycles. The van der Waals surface area contributed by atoms with Gasteiger partial charge in [-0.1, -0.05) is 27.7 Å². The molecule has 0 aromatic carbocycles. The lowest BCUT2D eigenvalue weighted by Gasteiger charge is -2.39. The molecule has 7 rings (SSSR count). The number of likely N-dealkylation sites (tertiary alicyclic amines) is 2. The number of hydrogen-bond donors (Lipinski definition) is 2. The Hall–Kier alpha value is -3.95. The molecule has 10 unspecified atom stereocenters. The first kappa shape index (κ1) is 31.6. The van der Waals surface area contributed by atoms with Gasteiger partial charge in [-0.25, -0.2) is 14.2 Å². The van der Waals surface area contributed by atoms with E-state index in [4.69, 9.17) is 9.47 Å². The molecule has 3 aliphatic carbocycles. The van der Waals surface area contributed by atoms with E-state index in [9.17, 15) is 24.4 Å². The number of amides is 4. The van der Waals surface area contributed by atoms with E-state index >= 15 is 4.39 Å². The van der Waals surface area contributed by atoms with Gasteiger partial charge < -0.3 is 29.9 Å². The van der Waals surface area contributed by atoms with E-state index in [1.165, 1.54) is 16.0 Å². The van der Waals surface area contributed by atoms with E-state index in [2.05, 4.69) is 28.6 Å². The van der Waals surface area contributed by atoms with Gasteiger partial charge in [-0.3, -0.25) is 14.4 Å². The van der Waals surface area contributed by atoms with Crippen molar-refractivity contribution in [1.82, 2.24) is 20.1 Å². The van der Waals surface area contributed by atoms with Crippen molar-refractivity contribution in [3.63, 3.8) is 0 Å². The molecule has 4 amide bonds. The van der Waals surface area contributed by atoms with Crippen LogP contribution in [0.1, 0.15) is 66.7 Å². The number of rotatable bonds is 5. The fourth-order valence-electron chi connectivity index (χ4n) is 8.80. The zero-order valence-electron chi connectivity index (χ0n) is 27.5. The molecule has 47 heavy (non-hydrogen) atoms. The van der Waals surface area contributed by atoms with E-state index in [-0.39, 0.29) is 48.7 Å². The van der Waals surface area contributed by atoms with Crippen molar-refractivity contribution in [2.45, 2.75) is 103 Å². The molecule has 3 aliphatic heterocycles. The van der Waals surface area contributed by atoms with Crippen molar-refractivity contribution < 1.29 is 33.0 Å². The van der Waals surface area contributed by atoms with Crippen molar-refractivity contribution in [3.05, 3.63) is 18.3 Å². The normalized spacial score (nSPS) is 35.7. The monoisotopic (exact) mass is 650 g/mol. The largest absolute Gasteiger partial charge is 0.472 e. The Morgan fingerprint density at radius 3 is 2.66 bits per heavy atom. The molecule has 2 N–H and O–H groups in total. The van der Waals surface area contributed by atoms with Gasteiger partial charge in [0.05, 0.1) is 12.6 Å². The van der Waals surface area contributed by atoms with E-state index in [1.807, 2.05) is 27.7 Å². The lowest BCUT2D eigenvalue weighted by atomic mass is 9.77. The Kier molecular flexibility index (Phi) is 7.26. The van der Waals surface area contributed by atoms with Crippen LogP contribution in [0.25, 0.3) is 0 Å². The van der Waals surface area contributed by atoms with Crippen LogP contribution >= 0.6 is 0 Å². The van der Waals surface area contributed by atoms with Gasteiger partial charge >= 0.3 is 6.09 Å². The van der Waals surface area contributed by atoms with Crippen LogP contribution in [-0.4, -0.2) is 87.7 Å². The number of anilines is 1. The van der Waals surface area contributed by atoms with Gasteiger partial charge in [0.2, 0.25) is 17.4 Å². The summed E-state index contributed by atoms with van der Waals surface area (Å²) >= 11 is 0. The number of ether oxygens (including phenoxy) is 2. The molecular formula is C34H43FN6O6. The highest BCUT2D eigenvalue weighted by Crippen LogP contribution is 2.59. The molecule has 1 spiro atoms. The Labute approximate surface area is 273 Å². The molecule has 3 saturated carbocycles. The number of halogens is 1. The summed E-state index contributed by atoms with van der Waals surface area (Å²) in [6.45, 7) is 9.43. The summed E-state index contributed by atoms with van der Waals surface area (Å²) in [6, 6.07) is 2.39. The Bertz CT molecular complexity index is 1550. The Balaban J connectivity index is 1.18. The second-order valence-corrected chi connectivity index (χ2v) is 15.9. The van der Waals surface area contributed by atoms with Crippen LogP contribution < -0.4 is 15.4 Å². The van der Waals surface area contributed by atoms with Gasteiger partial charge in [0.1, 0.15) is 30.4 Å². The number of alkyl halides is 1. The predicted octanol–water partition coefficient (Wildman–Crippen LogP) is 3.43. The average Bonchev–Trinajstić information content (AvgIpc) is 3.34. The van der Waals surface area contributed by atoms with Crippen molar-refractivity contribution >= 4 is 29.6 Å². The summed E-state index contributed by atoms with van der Waals surface area (Å²) in [5.74, 6) is -1.76. The topological polar surface area (TPSA) is 154 Å². The lowest BCUT2D eigenvalue weighted by molar-refractivity contribution is -0.149. The number of pyridine rings is 1. The molecule has 12 nitrogen and oxygen atoms in total. The minimum Gasteiger partial charge on any atom is -0.472 e. The van der Waals surface area contributed by atoms with Crippen LogP contribution in [-0.2, 0) is 19.1 Å². The van der Waals surface area contributed by atoms with Crippen LogP contribution in [0.4, 0.5) is 15.0 Å². The molecule has 6 aliphatic rings. The predicted molar refractivity (Wildman–Crippen MR) is 165 cm³/mol. The van der Waals surface area contributed by atoms with Crippen molar-refractivity contribution in [2.24, 2.45) is 34.5 Å². The number of fused-ring (bicyclic) bond motifs is 6. The third kappa shape index (κ3) is 5.10. The van der Waals surface area contributed by atoms with Crippen LogP contribution in [0.3, 0.4) is 0 Å². The van der Waals surface area contributed by atoms with Gasteiger partial charge in [0.25, 0.3) is 5.91 Å². The summed E-state index contributed by atoms with van der Waals surface area (Å²) in [5.41, 5.74) is -2.35. The van der Waals surface area contributed by atoms with Crippen LogP contribution in [0.15, 0.2) is 18.3 Å². The molecule has 1 aromatic rings. The highest BCUT2D eigenvalue weighted by atomic mass is 19.1. The van der Waals surface area contributed by atoms with Gasteiger partial charge in [-0.2, -0.15) is 5.26 Å². The first-order valence-electron chi connectivity index (χ1n) is 16.7. The molecular weight excluding hydrogens is 607 g/mol. The van der Waals surface area contributed by atoms with Crippen molar-refractivity contribution in [2.75, 3.05) is 18.4 Å². The minimum atomic E-state index is -1.52. The quantitative estimate of drug-likeness (QED) is 0.492. The highest BCUT2D eigenvalue weighted by molar-refractivity contribution is 6.01. The van der Waals surface area contributed by atoms with Gasteiger partial charge in [-0.05, 0) is 73.8 Å². The Morgan fingerprint density at radius 2 is 1.98 bits per heavy atom. The minimum absolute atomic E-state index is 0.0346. The molecule has 10 atom stereocenters. The van der Waals surface area contributed by atoms with Crippen molar-refractivity contribution in [3.8, 4) is 11.8 Å². The number of aromatic nitrogens is 1. The van der Waals surface area contributed by atoms with Gasteiger partial charge in [-0.15, -0.1) is 0 Å². The SMILES string of the molecule is CC(OC(=O)NC(C(=O)N1CC2C3CC(F)C(C3)C2C1C(=O)N1CC2(CC1C#N)Oc1cccnc1NC2=O)C(C)(C)C)C1(C)CC1. The molecule has 2 bridgehead atoms. The molecule has 13 heteroatoms. The maximum Gasteiger partial charge on any atom is 0.408 e. The summed E-state index contributed by atoms with van der Waals surface area (Å²) in [4.78, 5) is 62.8. The van der Waals surface area contributed by atoms with Crippen LogP contribution in [0.2, 0.25) is 0 Å². The third-order valence-electron chi connectivity index (χ3n) is 12.0. The first-order valence-corrected chi connectivity index (χ1v) is 16.7. The molecule has 2 saturated heterocycles. The number of nitrogens with zero attached hydrogens (tertiary/aromatic N) is 4. The standard InChI is InChI=1S/C34H43FN6O6/c1-17(33(5)8-9-33)46-31(45)38-26(32(2,3)4)29(43)40-15-21-18-11-20(22(35)12-18)24(21)25(40)28(42)41-16-34(13-19(41)14-36)30(44)39-27-23(47-34)7-6-10-37-27/h6-7,10,17-22,24-26H,8-9,11-13,15-16H2,1-5H3,(H,38,45)(H,37,39,44). The van der Waals surface area contributed by atoms with E-state index in [1.54, 1.807) is 12.1 Å². The average molecular weight is 651 g/mol. The fraction of sp³-hybridized carbons (Fsp3) is 0.706. The third-order valence-corrected chi connectivity index (χ3v) is 12.0. The summed E-state index contributed by atoms with van der Waals surface area (Å²) in [7, 11) is 0. The van der Waals surface area contributed by atoms with Gasteiger partial charge in [0.15, 0.2) is 11.6 Å². The van der Waals surface area contributed by atoms with E-state index in [0.29, 0.717) is 18.6 Å². The van der Waals surface area contributed by atoms with E-state index < -0.39 is 71.0 Å². The molecule has 5 fully saturated rings. The van der Waals surface area contributed by atoms with Crippen LogP contribution in [0.5, 0.6) is 5.75 Å². The van der Waals surface area contributed by atoms with E-state index in [0.717, 1.165) is 12.8 Å². The van der Waals surface area contributed by atoms with Gasteiger partial charge in [0, 0.05) is 24.6 Å². The number of hydrogen-bond acceptors (Lipinski definition) is 8. The Morgan fingerprint density at radius 1 is 1.23 bits per heavy atom. The maximum absolute atomic E-state index is 15.3. The summed E-state index contributed by atoms with van der Waals surface area (Å²) in [5, 5.41) is 15.8. The lowest BCUT2D eigenvalue weighted by Crippen LogP contribution is -2.60. The second-order valence-electron chi connectivity index (χ2n) is 15.9. The second kappa shape index (κ2) is 10.8. The molecule has 252 valence electrons. The first-order chi connectivity index (χ1) is 22.2. The van der Waals surface area contributed by atoms with Crippen LogP contribution in [0, 0.1) is 45.8 Å². The molecule has 0 radical (unpaired) electrons. The fourth-order valence-corrected chi connectivity index (χ4v) is 8.80. The smallest absolute Gasteiger partial charge is 0.408 e. The number of nitriles is 1. The molecule has 1 aromatic heterocycles. The number of carbonyl (C=O) groups excluding carboxylic acids is 4. The van der Waals surface area contributed by atoms with Crippen molar-refractivity contribution in [1.29, 1.82) is 5.26 Å². The summed E-state index contributed by atoms with van der Waals surface area (Å²) in [6.07, 6.45) is 2.29.